The van der Waals surface area contributed by atoms with E-state index in [1.54, 1.807) is 24.3 Å². The minimum Gasteiger partial charge on any atom is -0.457 e. The summed E-state index contributed by atoms with van der Waals surface area (Å²) in [6, 6.07) is 14.6. The number of carbonyl (C=O) groups excluding carboxylic acids is 1. The molecule has 0 spiro atoms. The van der Waals surface area contributed by atoms with Crippen LogP contribution in [0.2, 0.25) is 0 Å². The van der Waals surface area contributed by atoms with E-state index in [0.29, 0.717) is 22.6 Å². The molecule has 5 nitrogen and oxygen atoms in total. The van der Waals surface area contributed by atoms with Gasteiger partial charge in [0.15, 0.2) is 5.78 Å². The number of halogens is 1. The Hall–Kier alpha value is -3.54. The van der Waals surface area contributed by atoms with Gasteiger partial charge < -0.3 is 4.42 Å². The number of hydrogen-bond donors (Lipinski definition) is 0. The molecule has 124 valence electrons. The van der Waals surface area contributed by atoms with E-state index in [-0.39, 0.29) is 11.5 Å². The van der Waals surface area contributed by atoms with Gasteiger partial charge in [0.25, 0.3) is 5.69 Å². The van der Waals surface area contributed by atoms with E-state index in [4.69, 9.17) is 4.42 Å². The number of rotatable bonds is 5. The topological polar surface area (TPSA) is 73.3 Å². The Balaban J connectivity index is 1.73. The fourth-order valence-electron chi connectivity index (χ4n) is 2.21. The summed E-state index contributed by atoms with van der Waals surface area (Å²) in [7, 11) is 0. The van der Waals surface area contributed by atoms with Crippen molar-refractivity contribution in [3.05, 3.63) is 94.0 Å². The summed E-state index contributed by atoms with van der Waals surface area (Å²) in [6.45, 7) is 0. The van der Waals surface area contributed by atoms with Gasteiger partial charge in [-0.05, 0) is 60.7 Å². The zero-order valence-corrected chi connectivity index (χ0v) is 12.9. The van der Waals surface area contributed by atoms with E-state index in [1.165, 1.54) is 48.6 Å². The maximum Gasteiger partial charge on any atom is 0.269 e. The van der Waals surface area contributed by atoms with Crippen LogP contribution in [0.1, 0.15) is 16.1 Å². The first-order valence-electron chi connectivity index (χ1n) is 7.35. The SMILES string of the molecule is O=C(/C=C/c1ccc(-c2ccc([N+](=O)[O-])cc2)o1)c1ccc(F)cc1. The summed E-state index contributed by atoms with van der Waals surface area (Å²) in [5, 5.41) is 10.7. The molecule has 0 radical (unpaired) electrons. The number of non-ortho nitro benzene ring substituents is 1. The fourth-order valence-corrected chi connectivity index (χ4v) is 2.21. The Labute approximate surface area is 142 Å². The van der Waals surface area contributed by atoms with Crippen molar-refractivity contribution in [1.82, 2.24) is 0 Å². The van der Waals surface area contributed by atoms with Crippen LogP contribution in [-0.4, -0.2) is 10.7 Å². The van der Waals surface area contributed by atoms with Gasteiger partial charge in [0.2, 0.25) is 0 Å². The van der Waals surface area contributed by atoms with Crippen LogP contribution in [0.3, 0.4) is 0 Å². The van der Waals surface area contributed by atoms with E-state index in [0.717, 1.165) is 0 Å². The lowest BCUT2D eigenvalue weighted by molar-refractivity contribution is -0.384. The van der Waals surface area contributed by atoms with Crippen LogP contribution in [0.15, 0.2) is 71.2 Å². The number of furan rings is 1. The Kier molecular flexibility index (Phi) is 4.52. The van der Waals surface area contributed by atoms with Gasteiger partial charge in [-0.1, -0.05) is 0 Å². The second kappa shape index (κ2) is 6.92. The molecule has 25 heavy (non-hydrogen) atoms. The van der Waals surface area contributed by atoms with Crippen LogP contribution in [0.25, 0.3) is 17.4 Å². The molecule has 1 heterocycles. The minimum absolute atomic E-state index is 0.000296. The van der Waals surface area contributed by atoms with Gasteiger partial charge in [-0.3, -0.25) is 14.9 Å². The van der Waals surface area contributed by atoms with Crippen molar-refractivity contribution in [3.63, 3.8) is 0 Å². The van der Waals surface area contributed by atoms with Crippen molar-refractivity contribution in [2.45, 2.75) is 0 Å². The molecule has 0 bridgehead atoms. The quantitative estimate of drug-likeness (QED) is 0.287. The average molecular weight is 337 g/mol. The zero-order valence-electron chi connectivity index (χ0n) is 12.9. The lowest BCUT2D eigenvalue weighted by atomic mass is 10.1. The molecule has 0 aliphatic rings. The smallest absolute Gasteiger partial charge is 0.269 e. The molecule has 0 saturated heterocycles. The van der Waals surface area contributed by atoms with Crippen molar-refractivity contribution in [2.24, 2.45) is 0 Å². The van der Waals surface area contributed by atoms with E-state index in [2.05, 4.69) is 0 Å². The lowest BCUT2D eigenvalue weighted by Crippen LogP contribution is -1.93. The Morgan fingerprint density at radius 3 is 2.32 bits per heavy atom. The van der Waals surface area contributed by atoms with E-state index < -0.39 is 10.7 Å². The number of nitrogens with zero attached hydrogens (tertiary/aromatic N) is 1. The second-order valence-electron chi connectivity index (χ2n) is 5.21. The summed E-state index contributed by atoms with van der Waals surface area (Å²) in [4.78, 5) is 22.2. The Morgan fingerprint density at radius 2 is 1.68 bits per heavy atom. The molecule has 0 N–H and O–H groups in total. The number of allylic oxidation sites excluding steroid dienone is 1. The molecular formula is C19H12FNO4. The van der Waals surface area contributed by atoms with Gasteiger partial charge in [-0.25, -0.2) is 4.39 Å². The van der Waals surface area contributed by atoms with E-state index >= 15 is 0 Å². The predicted octanol–water partition coefficient (Wildman–Crippen LogP) is 4.89. The first-order chi connectivity index (χ1) is 12.0. The van der Waals surface area contributed by atoms with Crippen molar-refractivity contribution in [2.75, 3.05) is 0 Å². The van der Waals surface area contributed by atoms with Crippen molar-refractivity contribution < 1.29 is 18.5 Å². The Morgan fingerprint density at radius 1 is 1.00 bits per heavy atom. The second-order valence-corrected chi connectivity index (χ2v) is 5.21. The molecule has 0 fully saturated rings. The summed E-state index contributed by atoms with van der Waals surface area (Å²) >= 11 is 0. The largest absolute Gasteiger partial charge is 0.457 e. The number of nitro groups is 1. The van der Waals surface area contributed by atoms with Crippen LogP contribution in [0.5, 0.6) is 0 Å². The monoisotopic (exact) mass is 337 g/mol. The minimum atomic E-state index is -0.471. The molecule has 1 aromatic heterocycles. The van der Waals surface area contributed by atoms with Crippen LogP contribution >= 0.6 is 0 Å². The van der Waals surface area contributed by atoms with Gasteiger partial charge in [0, 0.05) is 23.3 Å². The highest BCUT2D eigenvalue weighted by Crippen LogP contribution is 2.25. The Bertz CT molecular complexity index is 940. The van der Waals surface area contributed by atoms with Gasteiger partial charge in [0.1, 0.15) is 17.3 Å². The number of carbonyl (C=O) groups is 1. The summed E-state index contributed by atoms with van der Waals surface area (Å²) < 4.78 is 18.5. The third-order valence-corrected chi connectivity index (χ3v) is 3.52. The summed E-state index contributed by atoms with van der Waals surface area (Å²) in [6.07, 6.45) is 2.85. The first kappa shape index (κ1) is 16.3. The van der Waals surface area contributed by atoms with Crippen molar-refractivity contribution >= 4 is 17.5 Å². The van der Waals surface area contributed by atoms with Gasteiger partial charge in [-0.2, -0.15) is 0 Å². The zero-order chi connectivity index (χ0) is 17.8. The molecule has 2 aromatic carbocycles. The lowest BCUT2D eigenvalue weighted by Gasteiger charge is -1.96. The van der Waals surface area contributed by atoms with E-state index in [1.807, 2.05) is 0 Å². The molecule has 3 aromatic rings. The molecule has 0 unspecified atom stereocenters. The average Bonchev–Trinajstić information content (AvgIpc) is 3.09. The molecule has 0 aliphatic carbocycles. The third kappa shape index (κ3) is 3.87. The molecular weight excluding hydrogens is 325 g/mol. The number of nitro benzene ring substituents is 1. The van der Waals surface area contributed by atoms with Crippen molar-refractivity contribution in [3.8, 4) is 11.3 Å². The molecule has 3 rings (SSSR count). The van der Waals surface area contributed by atoms with Crippen LogP contribution in [0.4, 0.5) is 10.1 Å². The molecule has 6 heteroatoms. The first-order valence-corrected chi connectivity index (χ1v) is 7.35. The van der Waals surface area contributed by atoms with Crippen molar-refractivity contribution in [1.29, 1.82) is 0 Å². The maximum atomic E-state index is 12.9. The van der Waals surface area contributed by atoms with E-state index in [9.17, 15) is 19.3 Å². The number of hydrogen-bond acceptors (Lipinski definition) is 4. The van der Waals surface area contributed by atoms with Gasteiger partial charge in [-0.15, -0.1) is 0 Å². The molecule has 0 amide bonds. The van der Waals surface area contributed by atoms with Gasteiger partial charge >= 0.3 is 0 Å². The molecule has 0 saturated carbocycles. The predicted molar refractivity (Wildman–Crippen MR) is 90.6 cm³/mol. The fraction of sp³-hybridized carbons (Fsp3) is 0. The summed E-state index contributed by atoms with van der Waals surface area (Å²) in [5.74, 6) is 0.320. The molecule has 0 aliphatic heterocycles. The van der Waals surface area contributed by atoms with Crippen LogP contribution < -0.4 is 0 Å². The number of benzene rings is 2. The summed E-state index contributed by atoms with van der Waals surface area (Å²) in [5.41, 5.74) is 1.07. The molecule has 0 atom stereocenters. The number of ketones is 1. The highest BCUT2D eigenvalue weighted by atomic mass is 19.1. The normalized spacial score (nSPS) is 10.9. The van der Waals surface area contributed by atoms with Gasteiger partial charge in [0.05, 0.1) is 4.92 Å². The standard InChI is InChI=1S/C19H12FNO4/c20-15-5-1-13(2-6-15)18(22)11-9-17-10-12-19(25-17)14-3-7-16(8-4-14)21(23)24/h1-12H/b11-9+. The highest BCUT2D eigenvalue weighted by Gasteiger charge is 2.08. The third-order valence-electron chi connectivity index (χ3n) is 3.52. The maximum absolute atomic E-state index is 12.9. The van der Waals surface area contributed by atoms with Crippen LogP contribution in [-0.2, 0) is 0 Å². The van der Waals surface area contributed by atoms with Crippen LogP contribution in [0, 0.1) is 15.9 Å². The highest BCUT2D eigenvalue weighted by molar-refractivity contribution is 6.06.